The molecule has 0 amide bonds. The van der Waals surface area contributed by atoms with Crippen LogP contribution in [0, 0.1) is 5.82 Å². The van der Waals surface area contributed by atoms with Gasteiger partial charge in [0.2, 0.25) is 0 Å². The van der Waals surface area contributed by atoms with Crippen LogP contribution in [0.15, 0.2) is 42.9 Å². The van der Waals surface area contributed by atoms with E-state index in [1.54, 1.807) is 18.2 Å². The number of aromatic nitrogens is 4. The smallest absolute Gasteiger partial charge is 0.356 e. The minimum Gasteiger partial charge on any atom is -0.476 e. The summed E-state index contributed by atoms with van der Waals surface area (Å²) >= 11 is 0. The van der Waals surface area contributed by atoms with E-state index in [1.165, 1.54) is 36.3 Å². The highest BCUT2D eigenvalue weighted by Gasteiger charge is 2.12. The molecule has 8 heteroatoms. The third kappa shape index (κ3) is 3.28. The first-order valence-corrected chi connectivity index (χ1v) is 6.97. The fourth-order valence-corrected chi connectivity index (χ4v) is 2.15. The van der Waals surface area contributed by atoms with E-state index in [1.807, 2.05) is 0 Å². The quantitative estimate of drug-likeness (QED) is 0.773. The normalized spacial score (nSPS) is 10.8. The van der Waals surface area contributed by atoms with Gasteiger partial charge in [0.1, 0.15) is 18.0 Å². The maximum Gasteiger partial charge on any atom is 0.356 e. The SMILES string of the molecule is COCc1cc(-n2cnc(C(=O)O)c2)nc(-c2cccc(F)c2)n1. The number of carbonyl (C=O) groups is 1. The third-order valence-corrected chi connectivity index (χ3v) is 3.21. The van der Waals surface area contributed by atoms with Crippen molar-refractivity contribution < 1.29 is 19.0 Å². The zero-order valence-corrected chi connectivity index (χ0v) is 12.7. The number of methoxy groups -OCH3 is 1. The summed E-state index contributed by atoms with van der Waals surface area (Å²) in [5, 5.41) is 8.98. The zero-order chi connectivity index (χ0) is 17.1. The van der Waals surface area contributed by atoms with Gasteiger partial charge in [-0.3, -0.25) is 4.57 Å². The van der Waals surface area contributed by atoms with Crippen molar-refractivity contribution >= 4 is 5.97 Å². The summed E-state index contributed by atoms with van der Waals surface area (Å²) in [6.07, 6.45) is 2.69. The number of nitrogens with zero attached hydrogens (tertiary/aromatic N) is 4. The van der Waals surface area contributed by atoms with E-state index in [0.717, 1.165) is 0 Å². The molecule has 122 valence electrons. The Morgan fingerprint density at radius 1 is 1.33 bits per heavy atom. The predicted molar refractivity (Wildman–Crippen MR) is 82.2 cm³/mol. The van der Waals surface area contributed by atoms with Crippen molar-refractivity contribution in [1.29, 1.82) is 0 Å². The van der Waals surface area contributed by atoms with Crippen LogP contribution in [0.5, 0.6) is 0 Å². The first-order chi connectivity index (χ1) is 11.6. The molecular weight excluding hydrogens is 315 g/mol. The van der Waals surface area contributed by atoms with Crippen molar-refractivity contribution in [1.82, 2.24) is 19.5 Å². The Morgan fingerprint density at radius 2 is 2.17 bits per heavy atom. The van der Waals surface area contributed by atoms with Crippen molar-refractivity contribution in [3.8, 4) is 17.2 Å². The molecule has 2 heterocycles. The highest BCUT2D eigenvalue weighted by molar-refractivity contribution is 5.85. The third-order valence-electron chi connectivity index (χ3n) is 3.21. The average Bonchev–Trinajstić information content (AvgIpc) is 3.05. The molecule has 7 nitrogen and oxygen atoms in total. The molecule has 0 saturated carbocycles. The van der Waals surface area contributed by atoms with E-state index >= 15 is 0 Å². The second-order valence-electron chi connectivity index (χ2n) is 4.96. The number of imidazole rings is 1. The maximum atomic E-state index is 13.5. The molecule has 3 aromatic rings. The molecule has 2 aromatic heterocycles. The number of hydrogen-bond acceptors (Lipinski definition) is 5. The maximum absolute atomic E-state index is 13.5. The number of rotatable bonds is 5. The molecule has 1 aromatic carbocycles. The molecule has 0 aliphatic rings. The van der Waals surface area contributed by atoms with Gasteiger partial charge in [-0.15, -0.1) is 0 Å². The first kappa shape index (κ1) is 15.8. The fraction of sp³-hybridized carbons (Fsp3) is 0.125. The Hall–Kier alpha value is -3.13. The molecule has 0 saturated heterocycles. The van der Waals surface area contributed by atoms with Gasteiger partial charge in [-0.05, 0) is 12.1 Å². The van der Waals surface area contributed by atoms with Crippen LogP contribution in [0.4, 0.5) is 4.39 Å². The summed E-state index contributed by atoms with van der Waals surface area (Å²) in [7, 11) is 1.53. The lowest BCUT2D eigenvalue weighted by atomic mass is 10.2. The Labute approximate surface area is 136 Å². The minimum atomic E-state index is -1.13. The van der Waals surface area contributed by atoms with Gasteiger partial charge in [0.25, 0.3) is 0 Å². The standard InChI is InChI=1S/C16H13FN4O3/c1-24-8-12-6-14(21-7-13(16(22)23)18-9-21)20-15(19-12)10-3-2-4-11(17)5-10/h2-7,9H,8H2,1H3,(H,22,23). The Morgan fingerprint density at radius 3 is 2.83 bits per heavy atom. The lowest BCUT2D eigenvalue weighted by molar-refractivity contribution is 0.0691. The summed E-state index contributed by atoms with van der Waals surface area (Å²) < 4.78 is 20.0. The van der Waals surface area contributed by atoms with Crippen molar-refractivity contribution in [2.45, 2.75) is 6.61 Å². The number of halogens is 1. The van der Waals surface area contributed by atoms with Crippen molar-refractivity contribution in [2.24, 2.45) is 0 Å². The van der Waals surface area contributed by atoms with Gasteiger partial charge in [-0.1, -0.05) is 12.1 Å². The van der Waals surface area contributed by atoms with E-state index in [9.17, 15) is 9.18 Å². The molecule has 0 radical (unpaired) electrons. The Kier molecular flexibility index (Phi) is 4.30. The second kappa shape index (κ2) is 6.55. The van der Waals surface area contributed by atoms with Gasteiger partial charge in [0.05, 0.1) is 12.3 Å². The van der Waals surface area contributed by atoms with Crippen LogP contribution in [0.1, 0.15) is 16.2 Å². The molecule has 0 fully saturated rings. The average molecular weight is 328 g/mol. The molecule has 0 unspecified atom stereocenters. The highest BCUT2D eigenvalue weighted by atomic mass is 19.1. The van der Waals surface area contributed by atoms with E-state index in [4.69, 9.17) is 9.84 Å². The van der Waals surface area contributed by atoms with Gasteiger partial charge in [-0.25, -0.2) is 24.1 Å². The van der Waals surface area contributed by atoms with E-state index in [0.29, 0.717) is 22.9 Å². The lowest BCUT2D eigenvalue weighted by Crippen LogP contribution is -2.04. The molecule has 0 spiro atoms. The number of ether oxygens (including phenoxy) is 1. The van der Waals surface area contributed by atoms with Crippen LogP contribution < -0.4 is 0 Å². The number of hydrogen-bond donors (Lipinski definition) is 1. The molecular formula is C16H13FN4O3. The summed E-state index contributed by atoms with van der Waals surface area (Å²) in [4.78, 5) is 23.5. The number of benzene rings is 1. The molecule has 24 heavy (non-hydrogen) atoms. The minimum absolute atomic E-state index is 0.103. The summed E-state index contributed by atoms with van der Waals surface area (Å²) in [5.41, 5.74) is 0.981. The highest BCUT2D eigenvalue weighted by Crippen LogP contribution is 2.19. The fourth-order valence-electron chi connectivity index (χ4n) is 2.15. The summed E-state index contributed by atoms with van der Waals surface area (Å²) in [6, 6.07) is 7.57. The van der Waals surface area contributed by atoms with Crippen LogP contribution in [-0.4, -0.2) is 37.7 Å². The largest absolute Gasteiger partial charge is 0.476 e. The Balaban J connectivity index is 2.10. The molecule has 0 bridgehead atoms. The molecule has 3 rings (SSSR count). The summed E-state index contributed by atoms with van der Waals surface area (Å²) in [6.45, 7) is 0.234. The second-order valence-corrected chi connectivity index (χ2v) is 4.96. The first-order valence-electron chi connectivity index (χ1n) is 6.97. The zero-order valence-electron chi connectivity index (χ0n) is 12.7. The van der Waals surface area contributed by atoms with Gasteiger partial charge in [0, 0.05) is 24.9 Å². The van der Waals surface area contributed by atoms with Crippen LogP contribution in [0.25, 0.3) is 17.2 Å². The summed E-state index contributed by atoms with van der Waals surface area (Å²) in [5.74, 6) is -0.809. The van der Waals surface area contributed by atoms with Crippen LogP contribution in [0.3, 0.4) is 0 Å². The van der Waals surface area contributed by atoms with E-state index in [-0.39, 0.29) is 12.3 Å². The van der Waals surface area contributed by atoms with Crippen LogP contribution >= 0.6 is 0 Å². The molecule has 0 atom stereocenters. The van der Waals surface area contributed by atoms with Gasteiger partial charge in [-0.2, -0.15) is 0 Å². The van der Waals surface area contributed by atoms with Crippen molar-refractivity contribution in [3.05, 3.63) is 60.1 Å². The van der Waals surface area contributed by atoms with Gasteiger partial charge >= 0.3 is 5.97 Å². The van der Waals surface area contributed by atoms with Crippen LogP contribution in [-0.2, 0) is 11.3 Å². The lowest BCUT2D eigenvalue weighted by Gasteiger charge is -2.08. The molecule has 0 aliphatic carbocycles. The van der Waals surface area contributed by atoms with Crippen LogP contribution in [0.2, 0.25) is 0 Å². The van der Waals surface area contributed by atoms with Crippen molar-refractivity contribution in [2.75, 3.05) is 7.11 Å². The number of aromatic carboxylic acids is 1. The molecule has 1 N–H and O–H groups in total. The van der Waals surface area contributed by atoms with E-state index < -0.39 is 11.8 Å². The number of carboxylic acid groups (broad SMARTS) is 1. The monoisotopic (exact) mass is 328 g/mol. The van der Waals surface area contributed by atoms with Gasteiger partial charge < -0.3 is 9.84 Å². The van der Waals surface area contributed by atoms with E-state index in [2.05, 4.69) is 15.0 Å². The Bertz CT molecular complexity index is 895. The predicted octanol–water partition coefficient (Wildman–Crippen LogP) is 2.31. The topological polar surface area (TPSA) is 90.1 Å². The van der Waals surface area contributed by atoms with Gasteiger partial charge in [0.15, 0.2) is 11.5 Å². The number of carboxylic acids is 1. The molecule has 0 aliphatic heterocycles. The van der Waals surface area contributed by atoms with Crippen molar-refractivity contribution in [3.63, 3.8) is 0 Å².